The monoisotopic (exact) mass is 313 g/mol. The number of thiazole rings is 1. The van der Waals surface area contributed by atoms with Gasteiger partial charge in [0.15, 0.2) is 0 Å². The molecule has 2 aromatic heterocycles. The summed E-state index contributed by atoms with van der Waals surface area (Å²) in [5, 5.41) is 7.14. The van der Waals surface area contributed by atoms with Crippen LogP contribution in [0.5, 0.6) is 0 Å². The molecule has 0 saturated carbocycles. The van der Waals surface area contributed by atoms with Crippen molar-refractivity contribution in [1.82, 2.24) is 15.3 Å². The number of aryl methyl sites for hydroxylation is 1. The van der Waals surface area contributed by atoms with Crippen LogP contribution in [-0.2, 0) is 6.42 Å². The van der Waals surface area contributed by atoms with E-state index in [1.807, 2.05) is 24.4 Å². The van der Waals surface area contributed by atoms with Gasteiger partial charge in [0.1, 0.15) is 5.69 Å². The van der Waals surface area contributed by atoms with E-state index < -0.39 is 0 Å². The Balaban J connectivity index is 1.71. The van der Waals surface area contributed by atoms with Gasteiger partial charge in [0.05, 0.1) is 10.7 Å². The molecule has 0 fully saturated rings. The van der Waals surface area contributed by atoms with Gasteiger partial charge >= 0.3 is 0 Å². The summed E-state index contributed by atoms with van der Waals surface area (Å²) >= 11 is 1.59. The Labute approximate surface area is 131 Å². The number of carbonyl (C=O) groups is 1. The van der Waals surface area contributed by atoms with Gasteiger partial charge in [0.25, 0.3) is 11.5 Å². The lowest BCUT2D eigenvalue weighted by Crippen LogP contribution is -2.28. The second-order valence-corrected chi connectivity index (χ2v) is 6.03. The lowest BCUT2D eigenvalue weighted by molar-refractivity contribution is 0.0949. The van der Waals surface area contributed by atoms with Crippen molar-refractivity contribution in [1.29, 1.82) is 0 Å². The second kappa shape index (κ2) is 6.11. The lowest BCUT2D eigenvalue weighted by Gasteiger charge is -2.05. The number of aromatic nitrogens is 2. The summed E-state index contributed by atoms with van der Waals surface area (Å²) in [6, 6.07) is 8.89. The summed E-state index contributed by atoms with van der Waals surface area (Å²) in [6.45, 7) is 2.43. The Bertz CT molecular complexity index is 882. The minimum atomic E-state index is -0.283. The fourth-order valence-electron chi connectivity index (χ4n) is 2.26. The molecule has 1 amide bonds. The maximum absolute atomic E-state index is 12.1. The minimum Gasteiger partial charge on any atom is -0.350 e. The van der Waals surface area contributed by atoms with Gasteiger partial charge in [-0.15, -0.1) is 11.3 Å². The van der Waals surface area contributed by atoms with Crippen molar-refractivity contribution in [2.75, 3.05) is 6.54 Å². The van der Waals surface area contributed by atoms with E-state index in [2.05, 4.69) is 15.3 Å². The number of nitrogens with zero attached hydrogens (tertiary/aromatic N) is 1. The smallest absolute Gasteiger partial charge is 0.267 e. The molecule has 0 atom stereocenters. The first-order valence-corrected chi connectivity index (χ1v) is 7.83. The van der Waals surface area contributed by atoms with Gasteiger partial charge < -0.3 is 10.3 Å². The van der Waals surface area contributed by atoms with Gasteiger partial charge in [-0.2, -0.15) is 0 Å². The van der Waals surface area contributed by atoms with Crippen LogP contribution in [0.25, 0.3) is 10.8 Å². The Morgan fingerprint density at radius 1 is 1.36 bits per heavy atom. The van der Waals surface area contributed by atoms with Gasteiger partial charge in [0, 0.05) is 23.7 Å². The summed E-state index contributed by atoms with van der Waals surface area (Å²) in [6.07, 6.45) is 0.674. The van der Waals surface area contributed by atoms with Crippen LogP contribution in [-0.4, -0.2) is 22.4 Å². The SMILES string of the molecule is Cc1nc(CCNC(=O)c2cc3ccccc3c(=O)[nH]2)cs1. The zero-order valence-corrected chi connectivity index (χ0v) is 12.9. The van der Waals surface area contributed by atoms with Crippen LogP contribution < -0.4 is 10.9 Å². The zero-order valence-electron chi connectivity index (χ0n) is 12.1. The number of amides is 1. The molecule has 3 rings (SSSR count). The van der Waals surface area contributed by atoms with Crippen molar-refractivity contribution in [3.63, 3.8) is 0 Å². The van der Waals surface area contributed by atoms with E-state index in [-0.39, 0.29) is 17.2 Å². The summed E-state index contributed by atoms with van der Waals surface area (Å²) < 4.78 is 0. The molecular formula is C16H15N3O2S. The zero-order chi connectivity index (χ0) is 15.5. The molecule has 0 aliphatic rings. The van der Waals surface area contributed by atoms with Gasteiger partial charge in [-0.05, 0) is 24.4 Å². The second-order valence-electron chi connectivity index (χ2n) is 4.96. The third-order valence-corrected chi connectivity index (χ3v) is 4.15. The van der Waals surface area contributed by atoms with Crippen LogP contribution >= 0.6 is 11.3 Å². The molecular weight excluding hydrogens is 298 g/mol. The molecule has 22 heavy (non-hydrogen) atoms. The van der Waals surface area contributed by atoms with Gasteiger partial charge in [-0.3, -0.25) is 9.59 Å². The molecule has 0 radical (unpaired) electrons. The molecule has 0 aliphatic heterocycles. The Kier molecular flexibility index (Phi) is 4.02. The quantitative estimate of drug-likeness (QED) is 0.776. The maximum Gasteiger partial charge on any atom is 0.267 e. The minimum absolute atomic E-state index is 0.252. The number of hydrogen-bond acceptors (Lipinski definition) is 4. The number of carbonyl (C=O) groups excluding carboxylic acids is 1. The predicted molar refractivity (Wildman–Crippen MR) is 87.5 cm³/mol. The van der Waals surface area contributed by atoms with Gasteiger partial charge in [0.2, 0.25) is 0 Å². The van der Waals surface area contributed by atoms with E-state index in [0.29, 0.717) is 18.4 Å². The van der Waals surface area contributed by atoms with E-state index in [1.54, 1.807) is 29.5 Å². The molecule has 0 unspecified atom stereocenters. The average molecular weight is 313 g/mol. The van der Waals surface area contributed by atoms with Crippen molar-refractivity contribution in [2.45, 2.75) is 13.3 Å². The van der Waals surface area contributed by atoms with Crippen molar-refractivity contribution >= 4 is 28.0 Å². The number of benzene rings is 1. The highest BCUT2D eigenvalue weighted by Gasteiger charge is 2.09. The molecule has 0 bridgehead atoms. The Morgan fingerprint density at radius 2 is 2.18 bits per heavy atom. The highest BCUT2D eigenvalue weighted by molar-refractivity contribution is 7.09. The normalized spacial score (nSPS) is 10.8. The number of nitrogens with one attached hydrogen (secondary N) is 2. The standard InChI is InChI=1S/C16H15N3O2S/c1-10-18-12(9-22-10)6-7-17-16(21)14-8-11-4-2-3-5-13(11)15(20)19-14/h2-5,8-9H,6-7H2,1H3,(H,17,21)(H,19,20). The molecule has 112 valence electrons. The number of rotatable bonds is 4. The van der Waals surface area contributed by atoms with Crippen molar-refractivity contribution in [3.05, 3.63) is 62.5 Å². The van der Waals surface area contributed by atoms with Crippen LogP contribution in [0, 0.1) is 6.92 Å². The largest absolute Gasteiger partial charge is 0.350 e. The number of hydrogen-bond donors (Lipinski definition) is 2. The molecule has 5 nitrogen and oxygen atoms in total. The lowest BCUT2D eigenvalue weighted by atomic mass is 10.1. The van der Waals surface area contributed by atoms with Crippen LogP contribution in [0.1, 0.15) is 21.2 Å². The van der Waals surface area contributed by atoms with Crippen molar-refractivity contribution in [2.24, 2.45) is 0 Å². The van der Waals surface area contributed by atoms with Crippen molar-refractivity contribution < 1.29 is 4.79 Å². The Hall–Kier alpha value is -2.47. The number of fused-ring (bicyclic) bond motifs is 1. The molecule has 0 spiro atoms. The fraction of sp³-hybridized carbons (Fsp3) is 0.188. The van der Waals surface area contributed by atoms with Gasteiger partial charge in [-0.25, -0.2) is 4.98 Å². The molecule has 0 saturated heterocycles. The van der Waals surface area contributed by atoms with E-state index in [9.17, 15) is 9.59 Å². The summed E-state index contributed by atoms with van der Waals surface area (Å²) in [5.74, 6) is -0.283. The number of aromatic amines is 1. The van der Waals surface area contributed by atoms with Crippen LogP contribution in [0.2, 0.25) is 0 Å². The van der Waals surface area contributed by atoms with E-state index >= 15 is 0 Å². The highest BCUT2D eigenvalue weighted by atomic mass is 32.1. The molecule has 3 aromatic rings. The van der Waals surface area contributed by atoms with E-state index in [4.69, 9.17) is 0 Å². The topological polar surface area (TPSA) is 74.8 Å². The molecule has 2 N–H and O–H groups in total. The molecule has 1 aromatic carbocycles. The number of pyridine rings is 1. The molecule has 2 heterocycles. The number of H-pyrrole nitrogens is 1. The van der Waals surface area contributed by atoms with E-state index in [0.717, 1.165) is 16.1 Å². The fourth-order valence-corrected chi connectivity index (χ4v) is 2.90. The summed E-state index contributed by atoms with van der Waals surface area (Å²) in [4.78, 5) is 31.1. The third kappa shape index (κ3) is 3.07. The third-order valence-electron chi connectivity index (χ3n) is 3.33. The first kappa shape index (κ1) is 14.5. The summed E-state index contributed by atoms with van der Waals surface area (Å²) in [5.41, 5.74) is 0.992. The highest BCUT2D eigenvalue weighted by Crippen LogP contribution is 2.10. The average Bonchev–Trinajstić information content (AvgIpc) is 2.92. The first-order valence-electron chi connectivity index (χ1n) is 6.95. The molecule has 0 aliphatic carbocycles. The Morgan fingerprint density at radius 3 is 2.95 bits per heavy atom. The van der Waals surface area contributed by atoms with Crippen molar-refractivity contribution in [3.8, 4) is 0 Å². The van der Waals surface area contributed by atoms with Gasteiger partial charge in [-0.1, -0.05) is 18.2 Å². The first-order chi connectivity index (χ1) is 10.6. The van der Waals surface area contributed by atoms with Crippen LogP contribution in [0.3, 0.4) is 0 Å². The maximum atomic E-state index is 12.1. The van der Waals surface area contributed by atoms with Crippen LogP contribution in [0.15, 0.2) is 40.5 Å². The van der Waals surface area contributed by atoms with E-state index in [1.165, 1.54) is 0 Å². The molecule has 6 heteroatoms. The van der Waals surface area contributed by atoms with Crippen LogP contribution in [0.4, 0.5) is 0 Å². The predicted octanol–water partition coefficient (Wildman–Crippen LogP) is 2.27. The summed E-state index contributed by atoms with van der Waals surface area (Å²) in [7, 11) is 0.